The minimum atomic E-state index is -0.493. The molecule has 5 rings (SSSR count). The van der Waals surface area contributed by atoms with Crippen molar-refractivity contribution in [2.24, 2.45) is 0 Å². The third kappa shape index (κ3) is 4.18. The van der Waals surface area contributed by atoms with Crippen molar-refractivity contribution >= 4 is 40.0 Å². The molecule has 0 atom stereocenters. The van der Waals surface area contributed by atoms with Gasteiger partial charge in [-0.1, -0.05) is 41.2 Å². The van der Waals surface area contributed by atoms with Crippen LogP contribution in [0.15, 0.2) is 80.5 Å². The van der Waals surface area contributed by atoms with Crippen molar-refractivity contribution in [1.29, 1.82) is 0 Å². The smallest absolute Gasteiger partial charge is 0.337 e. The Kier molecular flexibility index (Phi) is 5.76. The van der Waals surface area contributed by atoms with Crippen LogP contribution in [-0.2, 0) is 10.5 Å². The van der Waals surface area contributed by atoms with E-state index in [1.165, 1.54) is 30.2 Å². The van der Waals surface area contributed by atoms with Gasteiger partial charge in [0.15, 0.2) is 5.16 Å². The summed E-state index contributed by atoms with van der Waals surface area (Å²) in [5, 5.41) is 6.81. The van der Waals surface area contributed by atoms with E-state index in [4.69, 9.17) is 14.2 Å². The number of carbonyl (C=O) groups excluding carboxylic acids is 1. The Hall–Kier alpha value is -3.76. The Morgan fingerprint density at radius 1 is 1.12 bits per heavy atom. The number of nitrogens with zero attached hydrogens (tertiary/aromatic N) is 4. The molecule has 0 amide bonds. The molecule has 0 aliphatic heterocycles. The molecule has 0 unspecified atom stereocenters. The maximum Gasteiger partial charge on any atom is 0.337 e. The molecule has 10 heteroatoms. The van der Waals surface area contributed by atoms with Gasteiger partial charge in [0.25, 0.3) is 5.56 Å². The average Bonchev–Trinajstić information content (AvgIpc) is 3.54. The van der Waals surface area contributed by atoms with E-state index in [-0.39, 0.29) is 5.56 Å². The standard InChI is InChI=1S/C23H16N4O4S2/c1-30-22(29)14-9-10-16-17(12-14)24-23(27(21(16)28)15-6-3-2-4-7-15)33-13-19-25-20(26-31-19)18-8-5-11-32-18/h2-12H,13H2,1H3. The van der Waals surface area contributed by atoms with Crippen molar-refractivity contribution in [3.8, 4) is 16.4 Å². The predicted octanol–water partition coefficient (Wildman–Crippen LogP) is 4.58. The van der Waals surface area contributed by atoms with E-state index in [9.17, 15) is 9.59 Å². The van der Waals surface area contributed by atoms with Gasteiger partial charge in [-0.05, 0) is 41.8 Å². The maximum absolute atomic E-state index is 13.4. The van der Waals surface area contributed by atoms with Crippen LogP contribution >= 0.6 is 23.1 Å². The lowest BCUT2D eigenvalue weighted by molar-refractivity contribution is 0.0601. The Balaban J connectivity index is 1.56. The fourth-order valence-electron chi connectivity index (χ4n) is 3.26. The molecule has 5 aromatic rings. The molecule has 0 radical (unpaired) electrons. The molecule has 8 nitrogen and oxygen atoms in total. The van der Waals surface area contributed by atoms with Gasteiger partial charge in [-0.25, -0.2) is 9.78 Å². The summed E-state index contributed by atoms with van der Waals surface area (Å²) in [5.41, 5.74) is 1.17. The van der Waals surface area contributed by atoms with Crippen LogP contribution in [0.3, 0.4) is 0 Å². The molecule has 0 aliphatic rings. The summed E-state index contributed by atoms with van der Waals surface area (Å²) >= 11 is 2.82. The number of thiophene rings is 1. The molecule has 2 aromatic carbocycles. The third-order valence-electron chi connectivity index (χ3n) is 4.81. The number of benzene rings is 2. The number of hydrogen-bond donors (Lipinski definition) is 0. The van der Waals surface area contributed by atoms with Crippen LogP contribution in [0.25, 0.3) is 27.3 Å². The molecule has 3 aromatic heterocycles. The van der Waals surface area contributed by atoms with Crippen LogP contribution in [0.1, 0.15) is 16.2 Å². The monoisotopic (exact) mass is 476 g/mol. The Morgan fingerprint density at radius 3 is 2.73 bits per heavy atom. The number of para-hydroxylation sites is 1. The average molecular weight is 477 g/mol. The number of hydrogen-bond acceptors (Lipinski definition) is 9. The van der Waals surface area contributed by atoms with Crippen molar-refractivity contribution in [1.82, 2.24) is 19.7 Å². The number of thioether (sulfide) groups is 1. The molecular weight excluding hydrogens is 460 g/mol. The van der Waals surface area contributed by atoms with Gasteiger partial charge in [-0.15, -0.1) is 11.3 Å². The molecule has 0 spiro atoms. The zero-order valence-corrected chi connectivity index (χ0v) is 18.9. The molecule has 0 aliphatic carbocycles. The summed E-state index contributed by atoms with van der Waals surface area (Å²) in [6, 6.07) is 17.8. The number of rotatable bonds is 6. The topological polar surface area (TPSA) is 100 Å². The van der Waals surface area contributed by atoms with Crippen LogP contribution in [0.5, 0.6) is 0 Å². The number of carbonyl (C=O) groups is 1. The summed E-state index contributed by atoms with van der Waals surface area (Å²) in [7, 11) is 1.31. The minimum Gasteiger partial charge on any atom is -0.465 e. The highest BCUT2D eigenvalue weighted by Crippen LogP contribution is 2.27. The van der Waals surface area contributed by atoms with Gasteiger partial charge in [0.2, 0.25) is 11.7 Å². The number of aromatic nitrogens is 4. The molecule has 33 heavy (non-hydrogen) atoms. The molecule has 3 heterocycles. The number of fused-ring (bicyclic) bond motifs is 1. The van der Waals surface area contributed by atoms with Crippen LogP contribution in [-0.4, -0.2) is 32.8 Å². The summed E-state index contributed by atoms with van der Waals surface area (Å²) in [6.45, 7) is 0. The summed E-state index contributed by atoms with van der Waals surface area (Å²) in [6.07, 6.45) is 0. The zero-order chi connectivity index (χ0) is 22.8. The first-order valence-electron chi connectivity index (χ1n) is 9.84. The Labute approximate surface area is 195 Å². The van der Waals surface area contributed by atoms with Gasteiger partial charge in [-0.2, -0.15) is 4.98 Å². The molecule has 0 saturated carbocycles. The summed E-state index contributed by atoms with van der Waals surface area (Å²) < 4.78 is 11.7. The number of methoxy groups -OCH3 is 1. The molecule has 0 bridgehead atoms. The summed E-state index contributed by atoms with van der Waals surface area (Å²) in [4.78, 5) is 35.4. The fraction of sp³-hybridized carbons (Fsp3) is 0.0870. The van der Waals surface area contributed by atoms with E-state index in [0.29, 0.717) is 44.8 Å². The van der Waals surface area contributed by atoms with E-state index in [0.717, 1.165) is 4.88 Å². The minimum absolute atomic E-state index is 0.241. The molecule has 0 saturated heterocycles. The highest BCUT2D eigenvalue weighted by atomic mass is 32.2. The van der Waals surface area contributed by atoms with Gasteiger partial charge in [0.05, 0.1) is 39.9 Å². The largest absolute Gasteiger partial charge is 0.465 e. The van der Waals surface area contributed by atoms with Gasteiger partial charge in [0.1, 0.15) is 0 Å². The first-order valence-corrected chi connectivity index (χ1v) is 11.7. The lowest BCUT2D eigenvalue weighted by Crippen LogP contribution is -2.22. The van der Waals surface area contributed by atoms with E-state index >= 15 is 0 Å². The first-order chi connectivity index (χ1) is 16.1. The fourth-order valence-corrected chi connectivity index (χ4v) is 4.76. The second kappa shape index (κ2) is 9.00. The normalized spacial score (nSPS) is 11.1. The highest BCUT2D eigenvalue weighted by molar-refractivity contribution is 7.98. The quantitative estimate of drug-likeness (QED) is 0.200. The second-order valence-electron chi connectivity index (χ2n) is 6.87. The lowest BCUT2D eigenvalue weighted by Gasteiger charge is -2.13. The van der Waals surface area contributed by atoms with Crippen LogP contribution in [0, 0.1) is 0 Å². The SMILES string of the molecule is COC(=O)c1ccc2c(=O)n(-c3ccccc3)c(SCc3nc(-c4cccs4)no3)nc2c1. The molecule has 0 fully saturated rings. The second-order valence-corrected chi connectivity index (χ2v) is 8.76. The molecule has 0 N–H and O–H groups in total. The predicted molar refractivity (Wildman–Crippen MR) is 126 cm³/mol. The van der Waals surface area contributed by atoms with Gasteiger partial charge >= 0.3 is 5.97 Å². The van der Waals surface area contributed by atoms with Crippen molar-refractivity contribution < 1.29 is 14.1 Å². The van der Waals surface area contributed by atoms with E-state index in [2.05, 4.69) is 10.1 Å². The molecule has 164 valence electrons. The number of esters is 1. The van der Waals surface area contributed by atoms with Gasteiger partial charge in [0, 0.05) is 0 Å². The summed E-state index contributed by atoms with van der Waals surface area (Å²) in [5.74, 6) is 0.767. The third-order valence-corrected chi connectivity index (χ3v) is 6.60. The Bertz CT molecular complexity index is 1490. The van der Waals surface area contributed by atoms with Gasteiger partial charge in [-0.3, -0.25) is 9.36 Å². The van der Waals surface area contributed by atoms with E-state index in [1.807, 2.05) is 47.8 Å². The van der Waals surface area contributed by atoms with E-state index in [1.54, 1.807) is 22.8 Å². The van der Waals surface area contributed by atoms with E-state index < -0.39 is 5.97 Å². The maximum atomic E-state index is 13.4. The van der Waals surface area contributed by atoms with Gasteiger partial charge < -0.3 is 9.26 Å². The van der Waals surface area contributed by atoms with Crippen molar-refractivity contribution in [3.63, 3.8) is 0 Å². The van der Waals surface area contributed by atoms with Crippen molar-refractivity contribution in [3.05, 3.63) is 87.9 Å². The zero-order valence-electron chi connectivity index (χ0n) is 17.3. The Morgan fingerprint density at radius 2 is 1.97 bits per heavy atom. The van der Waals surface area contributed by atoms with Crippen LogP contribution < -0.4 is 5.56 Å². The number of ether oxygens (including phenoxy) is 1. The first kappa shape index (κ1) is 21.1. The highest BCUT2D eigenvalue weighted by Gasteiger charge is 2.17. The van der Waals surface area contributed by atoms with Crippen LogP contribution in [0.4, 0.5) is 0 Å². The molecular formula is C23H16N4O4S2. The van der Waals surface area contributed by atoms with Crippen LogP contribution in [0.2, 0.25) is 0 Å². The van der Waals surface area contributed by atoms with Crippen molar-refractivity contribution in [2.45, 2.75) is 10.9 Å². The lowest BCUT2D eigenvalue weighted by atomic mass is 10.1. The van der Waals surface area contributed by atoms with Crippen molar-refractivity contribution in [2.75, 3.05) is 7.11 Å².